The molecule has 1 aliphatic heterocycles. The number of aromatic nitrogens is 1. The number of rotatable bonds is 5. The predicted molar refractivity (Wildman–Crippen MR) is 121 cm³/mol. The van der Waals surface area contributed by atoms with Crippen LogP contribution in [0.3, 0.4) is 0 Å². The minimum absolute atomic E-state index is 0.262. The van der Waals surface area contributed by atoms with Crippen LogP contribution in [0.1, 0.15) is 38.3 Å². The molecule has 1 aromatic heterocycles. The fourth-order valence-corrected chi connectivity index (χ4v) is 5.56. The normalized spacial score (nSPS) is 14.1. The van der Waals surface area contributed by atoms with E-state index in [9.17, 15) is 26.4 Å². The fraction of sp³-hybridized carbons (Fsp3) is 0.273. The number of hydrogen-bond acceptors (Lipinski definition) is 5. The summed E-state index contributed by atoms with van der Waals surface area (Å²) in [5, 5.41) is 3.04. The molecule has 1 aliphatic rings. The van der Waals surface area contributed by atoms with Crippen LogP contribution in [0, 0.1) is 0 Å². The number of amides is 1. The Labute approximate surface area is 193 Å². The number of nitrogens with zero attached hydrogens (tertiary/aromatic N) is 2. The minimum Gasteiger partial charge on any atom is -0.298 e. The second-order valence-electron chi connectivity index (χ2n) is 7.74. The van der Waals surface area contributed by atoms with Crippen molar-refractivity contribution in [2.75, 3.05) is 22.4 Å². The monoisotopic (exact) mass is 495 g/mol. The molecule has 3 aromatic rings. The van der Waals surface area contributed by atoms with Gasteiger partial charge in [-0.05, 0) is 48.2 Å². The first-order valence-corrected chi connectivity index (χ1v) is 12.7. The molecule has 0 spiro atoms. The summed E-state index contributed by atoms with van der Waals surface area (Å²) < 4.78 is 64.1. The first kappa shape index (κ1) is 23.2. The van der Waals surface area contributed by atoms with Gasteiger partial charge in [0.25, 0.3) is 5.91 Å². The summed E-state index contributed by atoms with van der Waals surface area (Å²) in [6.45, 7) is 0.408. The number of halogens is 3. The van der Waals surface area contributed by atoms with E-state index in [1.54, 1.807) is 24.3 Å². The first-order valence-electron chi connectivity index (χ1n) is 10.0. The Morgan fingerprint density at radius 1 is 1.21 bits per heavy atom. The second-order valence-corrected chi connectivity index (χ2v) is 10.8. The summed E-state index contributed by atoms with van der Waals surface area (Å²) in [4.78, 5) is 17.6. The third-order valence-corrected chi connectivity index (χ3v) is 7.32. The van der Waals surface area contributed by atoms with Crippen molar-refractivity contribution in [1.82, 2.24) is 4.98 Å². The molecule has 1 amide bonds. The van der Waals surface area contributed by atoms with Crippen molar-refractivity contribution >= 4 is 38.1 Å². The molecule has 174 valence electrons. The molecule has 6 nitrogen and oxygen atoms in total. The maximum Gasteiger partial charge on any atom is 0.416 e. The van der Waals surface area contributed by atoms with Gasteiger partial charge in [-0.15, -0.1) is 11.3 Å². The summed E-state index contributed by atoms with van der Waals surface area (Å²) in [7, 11) is -3.39. The number of hydrogen-bond donors (Lipinski definition) is 1. The number of alkyl halides is 3. The Morgan fingerprint density at radius 3 is 2.73 bits per heavy atom. The molecule has 0 fully saturated rings. The third kappa shape index (κ3) is 5.36. The molecule has 0 saturated carbocycles. The SMILES string of the molecule is CS(=O)(=O)N1CCCc2cc(C(=O)Nc3ncc(Cc4cccc(C(F)(F)F)c4)s3)ccc21. The van der Waals surface area contributed by atoms with Gasteiger partial charge in [0, 0.05) is 29.6 Å². The van der Waals surface area contributed by atoms with Crippen LogP contribution in [-0.4, -0.2) is 32.1 Å². The molecule has 33 heavy (non-hydrogen) atoms. The molecule has 1 N–H and O–H groups in total. The number of carbonyl (C=O) groups is 1. The molecule has 0 saturated heterocycles. The Kier molecular flexibility index (Phi) is 6.19. The number of fused-ring (bicyclic) bond motifs is 1. The van der Waals surface area contributed by atoms with Gasteiger partial charge in [0.15, 0.2) is 5.13 Å². The van der Waals surface area contributed by atoms with E-state index in [0.717, 1.165) is 24.0 Å². The van der Waals surface area contributed by atoms with E-state index in [0.29, 0.717) is 46.2 Å². The highest BCUT2D eigenvalue weighted by Crippen LogP contribution is 2.32. The number of thiazole rings is 1. The van der Waals surface area contributed by atoms with Gasteiger partial charge in [-0.25, -0.2) is 13.4 Å². The number of carbonyl (C=O) groups excluding carboxylic acids is 1. The van der Waals surface area contributed by atoms with Crippen molar-refractivity contribution in [3.05, 3.63) is 75.8 Å². The van der Waals surface area contributed by atoms with E-state index in [2.05, 4.69) is 10.3 Å². The fourth-order valence-electron chi connectivity index (χ4n) is 3.72. The lowest BCUT2D eigenvalue weighted by molar-refractivity contribution is -0.137. The zero-order valence-electron chi connectivity index (χ0n) is 17.5. The third-order valence-electron chi connectivity index (χ3n) is 5.22. The Hall–Kier alpha value is -2.92. The quantitative estimate of drug-likeness (QED) is 0.556. The highest BCUT2D eigenvalue weighted by molar-refractivity contribution is 7.92. The van der Waals surface area contributed by atoms with Crippen LogP contribution >= 0.6 is 11.3 Å². The average molecular weight is 496 g/mol. The zero-order chi connectivity index (χ0) is 23.8. The van der Waals surface area contributed by atoms with Crippen molar-refractivity contribution in [1.29, 1.82) is 0 Å². The van der Waals surface area contributed by atoms with Crippen molar-refractivity contribution in [3.63, 3.8) is 0 Å². The lowest BCUT2D eigenvalue weighted by Crippen LogP contribution is -2.34. The topological polar surface area (TPSA) is 79.4 Å². The van der Waals surface area contributed by atoms with E-state index in [1.165, 1.54) is 27.9 Å². The van der Waals surface area contributed by atoms with Gasteiger partial charge in [0.1, 0.15) is 0 Å². The van der Waals surface area contributed by atoms with Crippen molar-refractivity contribution in [2.45, 2.75) is 25.4 Å². The molecule has 4 rings (SSSR count). The van der Waals surface area contributed by atoms with Crippen molar-refractivity contribution in [2.24, 2.45) is 0 Å². The number of anilines is 2. The van der Waals surface area contributed by atoms with Crippen LogP contribution in [0.25, 0.3) is 0 Å². The molecule has 0 radical (unpaired) electrons. The summed E-state index contributed by atoms with van der Waals surface area (Å²) in [6.07, 6.45) is -0.134. The lowest BCUT2D eigenvalue weighted by atomic mass is 10.0. The van der Waals surface area contributed by atoms with Gasteiger partial charge in [0.2, 0.25) is 10.0 Å². The number of sulfonamides is 1. The van der Waals surface area contributed by atoms with Crippen LogP contribution in [-0.2, 0) is 29.0 Å². The van der Waals surface area contributed by atoms with E-state index >= 15 is 0 Å². The van der Waals surface area contributed by atoms with Crippen LogP contribution in [0.15, 0.2) is 48.7 Å². The zero-order valence-corrected chi connectivity index (χ0v) is 19.1. The molecule has 0 bridgehead atoms. The van der Waals surface area contributed by atoms with Crippen LogP contribution in [0.5, 0.6) is 0 Å². The van der Waals surface area contributed by atoms with Crippen molar-refractivity contribution < 1.29 is 26.4 Å². The van der Waals surface area contributed by atoms with Gasteiger partial charge in [0.05, 0.1) is 17.5 Å². The largest absolute Gasteiger partial charge is 0.416 e. The summed E-state index contributed by atoms with van der Waals surface area (Å²) in [5.74, 6) is -0.394. The standard InChI is InChI=1S/C22H20F3N3O3S2/c1-33(30,31)28-9-3-5-15-12-16(7-8-19(15)28)20(29)27-21-26-13-18(32-21)11-14-4-2-6-17(10-14)22(23,24)25/h2,4,6-8,10,12-13H,3,5,9,11H2,1H3,(H,26,27,29). The Bertz CT molecular complexity index is 1300. The number of aryl methyl sites for hydroxylation is 1. The molecular formula is C22H20F3N3O3S2. The molecular weight excluding hydrogens is 475 g/mol. The lowest BCUT2D eigenvalue weighted by Gasteiger charge is -2.29. The van der Waals surface area contributed by atoms with E-state index in [4.69, 9.17) is 0 Å². The summed E-state index contributed by atoms with van der Waals surface area (Å²) in [6, 6.07) is 9.97. The van der Waals surface area contributed by atoms with Gasteiger partial charge in [-0.3, -0.25) is 14.4 Å². The smallest absolute Gasteiger partial charge is 0.298 e. The summed E-state index contributed by atoms with van der Waals surface area (Å²) >= 11 is 1.18. The Balaban J connectivity index is 1.46. The highest BCUT2D eigenvalue weighted by Gasteiger charge is 2.30. The molecule has 0 unspecified atom stereocenters. The van der Waals surface area contributed by atoms with E-state index < -0.39 is 27.7 Å². The number of benzene rings is 2. The van der Waals surface area contributed by atoms with Crippen LogP contribution < -0.4 is 9.62 Å². The van der Waals surface area contributed by atoms with Gasteiger partial charge >= 0.3 is 6.18 Å². The predicted octanol–water partition coefficient (Wildman–Crippen LogP) is 4.72. The first-order chi connectivity index (χ1) is 15.5. The number of nitrogens with one attached hydrogen (secondary N) is 1. The molecule has 0 aliphatic carbocycles. The van der Waals surface area contributed by atoms with Crippen LogP contribution in [0.4, 0.5) is 24.0 Å². The Morgan fingerprint density at radius 2 is 2.00 bits per heavy atom. The van der Waals surface area contributed by atoms with Crippen LogP contribution in [0.2, 0.25) is 0 Å². The average Bonchev–Trinajstić information content (AvgIpc) is 3.18. The highest BCUT2D eigenvalue weighted by atomic mass is 32.2. The van der Waals surface area contributed by atoms with E-state index in [-0.39, 0.29) is 6.42 Å². The second kappa shape index (κ2) is 8.79. The van der Waals surface area contributed by atoms with Crippen molar-refractivity contribution in [3.8, 4) is 0 Å². The molecule has 2 heterocycles. The maximum absolute atomic E-state index is 12.9. The van der Waals surface area contributed by atoms with Gasteiger partial charge in [-0.2, -0.15) is 13.2 Å². The molecule has 0 atom stereocenters. The molecule has 11 heteroatoms. The van der Waals surface area contributed by atoms with Gasteiger partial charge < -0.3 is 0 Å². The summed E-state index contributed by atoms with van der Waals surface area (Å²) in [5.41, 5.74) is 1.52. The van der Waals surface area contributed by atoms with E-state index in [1.807, 2.05) is 0 Å². The van der Waals surface area contributed by atoms with Gasteiger partial charge in [-0.1, -0.05) is 18.2 Å². The minimum atomic E-state index is -4.41. The molecule has 2 aromatic carbocycles. The maximum atomic E-state index is 12.9.